The Morgan fingerprint density at radius 1 is 0.906 bits per heavy atom. The summed E-state index contributed by atoms with van der Waals surface area (Å²) < 4.78 is 5.12. The molecule has 32 heavy (non-hydrogen) atoms. The number of amides is 3. The van der Waals surface area contributed by atoms with Gasteiger partial charge in [-0.2, -0.15) is 0 Å². The third-order valence-corrected chi connectivity index (χ3v) is 5.66. The summed E-state index contributed by atoms with van der Waals surface area (Å²) in [6, 6.07) is 12.9. The summed E-state index contributed by atoms with van der Waals surface area (Å²) in [5.41, 5.74) is 1.14. The number of nitrogens with one attached hydrogen (secondary N) is 2. The monoisotopic (exact) mass is 437 g/mol. The molecule has 0 bridgehead atoms. The number of hydrogen-bond acceptors (Lipinski definition) is 4. The van der Waals surface area contributed by atoms with E-state index in [1.807, 2.05) is 18.7 Å². The Hall–Kier alpha value is -3.35. The van der Waals surface area contributed by atoms with Gasteiger partial charge >= 0.3 is 0 Å². The molecule has 1 atom stereocenters. The molecule has 1 saturated heterocycles. The minimum absolute atomic E-state index is 0.0483. The topological polar surface area (TPSA) is 87.7 Å². The van der Waals surface area contributed by atoms with Crippen molar-refractivity contribution in [3.8, 4) is 5.75 Å². The number of ether oxygens (including phenoxy) is 1. The molecule has 3 rings (SSSR count). The van der Waals surface area contributed by atoms with Crippen molar-refractivity contribution in [3.63, 3.8) is 0 Å². The average molecular weight is 438 g/mol. The minimum atomic E-state index is -0.619. The Bertz CT molecular complexity index is 950. The predicted octanol–water partition coefficient (Wildman–Crippen LogP) is 3.71. The second-order valence-corrected chi connectivity index (χ2v) is 8.31. The molecule has 7 nitrogen and oxygen atoms in total. The number of likely N-dealkylation sites (tertiary alicyclic amines) is 1. The van der Waals surface area contributed by atoms with Gasteiger partial charge in [-0.1, -0.05) is 26.0 Å². The molecule has 0 aliphatic carbocycles. The first kappa shape index (κ1) is 23.3. The predicted molar refractivity (Wildman–Crippen MR) is 124 cm³/mol. The number of carbonyl (C=O) groups excluding carboxylic acids is 3. The zero-order chi connectivity index (χ0) is 23.1. The van der Waals surface area contributed by atoms with Crippen molar-refractivity contribution in [2.24, 2.45) is 5.92 Å². The Labute approximate surface area is 189 Å². The third-order valence-electron chi connectivity index (χ3n) is 5.66. The van der Waals surface area contributed by atoms with E-state index in [2.05, 4.69) is 10.6 Å². The van der Waals surface area contributed by atoms with Gasteiger partial charge in [0, 0.05) is 18.7 Å². The number of hydrogen-bond donors (Lipinski definition) is 2. The van der Waals surface area contributed by atoms with E-state index in [4.69, 9.17) is 4.74 Å². The van der Waals surface area contributed by atoms with Crippen molar-refractivity contribution >= 4 is 23.4 Å². The maximum absolute atomic E-state index is 13.1. The van der Waals surface area contributed by atoms with Gasteiger partial charge in [-0.05, 0) is 61.6 Å². The highest BCUT2D eigenvalue weighted by Crippen LogP contribution is 2.19. The molecule has 1 fully saturated rings. The molecule has 1 aliphatic rings. The van der Waals surface area contributed by atoms with Crippen LogP contribution in [0.15, 0.2) is 48.5 Å². The number of methoxy groups -OCH3 is 1. The van der Waals surface area contributed by atoms with E-state index in [1.165, 1.54) is 0 Å². The first-order valence-corrected chi connectivity index (χ1v) is 11.0. The van der Waals surface area contributed by atoms with Crippen molar-refractivity contribution in [2.45, 2.75) is 39.2 Å². The lowest BCUT2D eigenvalue weighted by Crippen LogP contribution is -2.52. The number of para-hydroxylation sites is 1. The zero-order valence-electron chi connectivity index (χ0n) is 18.9. The molecule has 2 aromatic carbocycles. The standard InChI is InChI=1S/C25H31N3O4/c1-17(2)22(25(31)28-15-7-4-8-16-28)27-24(30)20-9-5-6-10-21(20)26-23(29)18-11-13-19(32-3)14-12-18/h5-6,9-14,17,22H,4,7-8,15-16H2,1-3H3,(H,26,29)(H,27,30). The molecular formula is C25H31N3O4. The molecule has 1 aliphatic heterocycles. The lowest BCUT2D eigenvalue weighted by atomic mass is 10.00. The van der Waals surface area contributed by atoms with E-state index in [0.717, 1.165) is 32.4 Å². The van der Waals surface area contributed by atoms with Crippen molar-refractivity contribution in [1.29, 1.82) is 0 Å². The molecule has 1 unspecified atom stereocenters. The Kier molecular flexibility index (Phi) is 7.87. The van der Waals surface area contributed by atoms with Crippen LogP contribution in [0.1, 0.15) is 53.8 Å². The van der Waals surface area contributed by atoms with E-state index in [9.17, 15) is 14.4 Å². The Morgan fingerprint density at radius 3 is 2.19 bits per heavy atom. The van der Waals surface area contributed by atoms with Crippen molar-refractivity contribution in [3.05, 3.63) is 59.7 Å². The zero-order valence-corrected chi connectivity index (χ0v) is 18.9. The van der Waals surface area contributed by atoms with Crippen LogP contribution >= 0.6 is 0 Å². The summed E-state index contributed by atoms with van der Waals surface area (Å²) in [4.78, 5) is 40.7. The van der Waals surface area contributed by atoms with Gasteiger partial charge in [-0.15, -0.1) is 0 Å². The summed E-state index contributed by atoms with van der Waals surface area (Å²) in [6.07, 6.45) is 3.11. The summed E-state index contributed by atoms with van der Waals surface area (Å²) in [6.45, 7) is 5.30. The van der Waals surface area contributed by atoms with Gasteiger partial charge in [0.05, 0.1) is 18.4 Å². The lowest BCUT2D eigenvalue weighted by molar-refractivity contribution is -0.135. The van der Waals surface area contributed by atoms with Gasteiger partial charge in [-0.25, -0.2) is 0 Å². The molecule has 2 aromatic rings. The van der Waals surface area contributed by atoms with Crippen molar-refractivity contribution < 1.29 is 19.1 Å². The largest absolute Gasteiger partial charge is 0.497 e. The molecule has 0 saturated carbocycles. The van der Waals surface area contributed by atoms with Gasteiger partial charge in [0.2, 0.25) is 5.91 Å². The fraction of sp³-hybridized carbons (Fsp3) is 0.400. The van der Waals surface area contributed by atoms with E-state index in [1.54, 1.807) is 55.6 Å². The Morgan fingerprint density at radius 2 is 1.56 bits per heavy atom. The number of nitrogens with zero attached hydrogens (tertiary/aromatic N) is 1. The van der Waals surface area contributed by atoms with Crippen LogP contribution < -0.4 is 15.4 Å². The third kappa shape index (κ3) is 5.66. The SMILES string of the molecule is COc1ccc(C(=O)Nc2ccccc2C(=O)NC(C(=O)N2CCCCC2)C(C)C)cc1. The molecule has 2 N–H and O–H groups in total. The molecule has 170 valence electrons. The number of benzene rings is 2. The Balaban J connectivity index is 1.74. The average Bonchev–Trinajstić information content (AvgIpc) is 2.82. The fourth-order valence-corrected chi connectivity index (χ4v) is 3.77. The van der Waals surface area contributed by atoms with Crippen LogP contribution in [0.3, 0.4) is 0 Å². The number of anilines is 1. The van der Waals surface area contributed by atoms with Gasteiger partial charge in [0.1, 0.15) is 11.8 Å². The molecule has 0 radical (unpaired) electrons. The molecule has 0 spiro atoms. The van der Waals surface area contributed by atoms with Gasteiger partial charge in [0.15, 0.2) is 0 Å². The summed E-state index contributed by atoms with van der Waals surface area (Å²) >= 11 is 0. The van der Waals surface area contributed by atoms with Crippen LogP contribution in [-0.2, 0) is 4.79 Å². The van der Waals surface area contributed by atoms with Crippen LogP contribution in [0.2, 0.25) is 0 Å². The highest BCUT2D eigenvalue weighted by atomic mass is 16.5. The molecule has 7 heteroatoms. The fourth-order valence-electron chi connectivity index (χ4n) is 3.77. The minimum Gasteiger partial charge on any atom is -0.497 e. The van der Waals surface area contributed by atoms with E-state index >= 15 is 0 Å². The van der Waals surface area contributed by atoms with E-state index in [0.29, 0.717) is 22.6 Å². The van der Waals surface area contributed by atoms with E-state index < -0.39 is 6.04 Å². The normalized spacial score (nSPS) is 14.6. The first-order valence-electron chi connectivity index (χ1n) is 11.0. The van der Waals surface area contributed by atoms with Crippen LogP contribution in [0.5, 0.6) is 5.75 Å². The second-order valence-electron chi connectivity index (χ2n) is 8.31. The van der Waals surface area contributed by atoms with Crippen LogP contribution in [0.4, 0.5) is 5.69 Å². The maximum Gasteiger partial charge on any atom is 0.255 e. The quantitative estimate of drug-likeness (QED) is 0.691. The summed E-state index contributed by atoms with van der Waals surface area (Å²) in [5.74, 6) is -0.181. The number of rotatable bonds is 7. The second kappa shape index (κ2) is 10.8. The maximum atomic E-state index is 13.1. The van der Waals surface area contributed by atoms with Crippen molar-refractivity contribution in [2.75, 3.05) is 25.5 Å². The highest BCUT2D eigenvalue weighted by Gasteiger charge is 2.30. The molecule has 3 amide bonds. The summed E-state index contributed by atoms with van der Waals surface area (Å²) in [7, 11) is 1.56. The number of piperidine rings is 1. The van der Waals surface area contributed by atoms with Crippen molar-refractivity contribution in [1.82, 2.24) is 10.2 Å². The van der Waals surface area contributed by atoms with Gasteiger partial charge in [0.25, 0.3) is 11.8 Å². The lowest BCUT2D eigenvalue weighted by Gasteiger charge is -2.32. The van der Waals surface area contributed by atoms with Gasteiger partial charge < -0.3 is 20.3 Å². The molecule has 1 heterocycles. The van der Waals surface area contributed by atoms with Crippen LogP contribution in [0.25, 0.3) is 0 Å². The number of carbonyl (C=O) groups is 3. The molecule has 0 aromatic heterocycles. The van der Waals surface area contributed by atoms with Gasteiger partial charge in [-0.3, -0.25) is 14.4 Å². The molecular weight excluding hydrogens is 406 g/mol. The smallest absolute Gasteiger partial charge is 0.255 e. The first-order chi connectivity index (χ1) is 15.4. The highest BCUT2D eigenvalue weighted by molar-refractivity contribution is 6.09. The van der Waals surface area contributed by atoms with E-state index in [-0.39, 0.29) is 23.6 Å². The van der Waals surface area contributed by atoms with Crippen LogP contribution in [0, 0.1) is 5.92 Å². The summed E-state index contributed by atoms with van der Waals surface area (Å²) in [5, 5.41) is 5.70. The van der Waals surface area contributed by atoms with Crippen LogP contribution in [-0.4, -0.2) is 48.9 Å².